The van der Waals surface area contributed by atoms with E-state index in [1.807, 2.05) is 6.92 Å². The lowest BCUT2D eigenvalue weighted by Crippen LogP contribution is -2.23. The molecule has 21 heavy (non-hydrogen) atoms. The average molecular weight is 309 g/mol. The van der Waals surface area contributed by atoms with Crippen LogP contribution in [0.25, 0.3) is 0 Å². The molecule has 0 amide bonds. The van der Waals surface area contributed by atoms with Crippen molar-refractivity contribution in [3.63, 3.8) is 0 Å². The molecule has 1 heterocycles. The first kappa shape index (κ1) is 15.4. The molecule has 0 radical (unpaired) electrons. The summed E-state index contributed by atoms with van der Waals surface area (Å²) in [6.07, 6.45) is 2.84. The molecule has 2 N–H and O–H groups in total. The quantitative estimate of drug-likeness (QED) is 0.857. The van der Waals surface area contributed by atoms with Crippen LogP contribution in [0, 0.1) is 5.82 Å². The van der Waals surface area contributed by atoms with Crippen LogP contribution in [-0.2, 0) is 16.6 Å². The van der Waals surface area contributed by atoms with Gasteiger partial charge in [0.15, 0.2) is 0 Å². The number of hydrogen-bond acceptors (Lipinski definition) is 4. The van der Waals surface area contributed by atoms with E-state index >= 15 is 0 Å². The first-order valence-corrected chi connectivity index (χ1v) is 7.92. The highest BCUT2D eigenvalue weighted by molar-refractivity contribution is 7.89. The Morgan fingerprint density at radius 1 is 1.19 bits per heavy atom. The van der Waals surface area contributed by atoms with Crippen LogP contribution in [0.15, 0.2) is 47.6 Å². The van der Waals surface area contributed by atoms with Crippen LogP contribution in [0.2, 0.25) is 0 Å². The average Bonchev–Trinajstić information content (AvgIpc) is 2.47. The fourth-order valence-corrected chi connectivity index (χ4v) is 2.74. The largest absolute Gasteiger partial charge is 0.384 e. The lowest BCUT2D eigenvalue weighted by molar-refractivity contribution is 0.581. The maximum atomic E-state index is 12.8. The van der Waals surface area contributed by atoms with E-state index in [9.17, 15) is 12.8 Å². The van der Waals surface area contributed by atoms with Crippen molar-refractivity contribution in [2.45, 2.75) is 18.4 Å². The minimum atomic E-state index is -3.66. The SMILES string of the molecule is CCNc1cncc(S(=O)(=O)NCc2ccc(F)cc2)c1. The zero-order valence-electron chi connectivity index (χ0n) is 11.5. The molecular weight excluding hydrogens is 293 g/mol. The second kappa shape index (κ2) is 6.64. The first-order chi connectivity index (χ1) is 10.0. The van der Waals surface area contributed by atoms with Crippen molar-refractivity contribution in [3.8, 4) is 0 Å². The fourth-order valence-electron chi connectivity index (χ4n) is 1.73. The van der Waals surface area contributed by atoms with Crippen LogP contribution in [-0.4, -0.2) is 19.9 Å². The van der Waals surface area contributed by atoms with E-state index < -0.39 is 10.0 Å². The third kappa shape index (κ3) is 4.24. The number of rotatable bonds is 6. The van der Waals surface area contributed by atoms with E-state index in [1.165, 1.54) is 36.5 Å². The van der Waals surface area contributed by atoms with Crippen LogP contribution >= 0.6 is 0 Å². The monoisotopic (exact) mass is 309 g/mol. The number of pyridine rings is 1. The van der Waals surface area contributed by atoms with Crippen LogP contribution in [0.3, 0.4) is 0 Å². The molecule has 0 saturated carbocycles. The van der Waals surface area contributed by atoms with Crippen molar-refractivity contribution >= 4 is 15.7 Å². The zero-order chi connectivity index (χ0) is 15.3. The Morgan fingerprint density at radius 2 is 1.90 bits per heavy atom. The molecule has 2 aromatic rings. The highest BCUT2D eigenvalue weighted by Gasteiger charge is 2.14. The van der Waals surface area contributed by atoms with E-state index in [-0.39, 0.29) is 17.3 Å². The van der Waals surface area contributed by atoms with Gasteiger partial charge in [-0.1, -0.05) is 12.1 Å². The molecule has 0 aliphatic carbocycles. The summed E-state index contributed by atoms with van der Waals surface area (Å²) in [5.41, 5.74) is 1.32. The van der Waals surface area contributed by atoms with Gasteiger partial charge in [-0.05, 0) is 30.7 Å². The Labute approximate surface area is 123 Å². The molecule has 1 aromatic carbocycles. The molecule has 1 aromatic heterocycles. The van der Waals surface area contributed by atoms with Crippen molar-refractivity contribution in [2.24, 2.45) is 0 Å². The molecule has 0 fully saturated rings. The Morgan fingerprint density at radius 3 is 2.57 bits per heavy atom. The fraction of sp³-hybridized carbons (Fsp3) is 0.214. The predicted octanol–water partition coefficient (Wildman–Crippen LogP) is 2.13. The molecule has 2 rings (SSSR count). The van der Waals surface area contributed by atoms with Crippen molar-refractivity contribution in [1.29, 1.82) is 0 Å². The Bertz CT molecular complexity index is 702. The third-order valence-corrected chi connectivity index (χ3v) is 4.15. The maximum Gasteiger partial charge on any atom is 0.242 e. The van der Waals surface area contributed by atoms with Gasteiger partial charge in [-0.2, -0.15) is 0 Å². The van der Waals surface area contributed by atoms with Crippen molar-refractivity contribution < 1.29 is 12.8 Å². The van der Waals surface area contributed by atoms with Crippen molar-refractivity contribution in [1.82, 2.24) is 9.71 Å². The summed E-state index contributed by atoms with van der Waals surface area (Å²) >= 11 is 0. The molecule has 7 heteroatoms. The number of halogens is 1. The van der Waals surface area contributed by atoms with Gasteiger partial charge in [0.05, 0.1) is 11.9 Å². The molecule has 0 saturated heterocycles. The lowest BCUT2D eigenvalue weighted by atomic mass is 10.2. The number of nitrogens with one attached hydrogen (secondary N) is 2. The molecule has 0 spiro atoms. The van der Waals surface area contributed by atoms with E-state index in [0.29, 0.717) is 17.8 Å². The third-order valence-electron chi connectivity index (χ3n) is 2.78. The van der Waals surface area contributed by atoms with E-state index in [2.05, 4.69) is 15.0 Å². The highest BCUT2D eigenvalue weighted by atomic mass is 32.2. The standard InChI is InChI=1S/C14H16FN3O2S/c1-2-17-13-7-14(10-16-9-13)21(19,20)18-8-11-3-5-12(15)6-4-11/h3-7,9-10,17-18H,2,8H2,1H3. The minimum Gasteiger partial charge on any atom is -0.384 e. The molecule has 0 unspecified atom stereocenters. The Kier molecular flexibility index (Phi) is 4.87. The molecule has 0 bridgehead atoms. The van der Waals surface area contributed by atoms with Gasteiger partial charge in [0, 0.05) is 19.3 Å². The number of hydrogen-bond donors (Lipinski definition) is 2. The van der Waals surface area contributed by atoms with Crippen LogP contribution in [0.5, 0.6) is 0 Å². The van der Waals surface area contributed by atoms with E-state index in [1.54, 1.807) is 6.20 Å². The van der Waals surface area contributed by atoms with Crippen LogP contribution < -0.4 is 10.0 Å². The molecule has 0 aliphatic heterocycles. The van der Waals surface area contributed by atoms with Gasteiger partial charge < -0.3 is 5.32 Å². The first-order valence-electron chi connectivity index (χ1n) is 6.44. The lowest BCUT2D eigenvalue weighted by Gasteiger charge is -2.08. The minimum absolute atomic E-state index is 0.0862. The summed E-state index contributed by atoms with van der Waals surface area (Å²) in [6.45, 7) is 2.68. The molecule has 0 atom stereocenters. The van der Waals surface area contributed by atoms with Gasteiger partial charge in [-0.3, -0.25) is 4.98 Å². The smallest absolute Gasteiger partial charge is 0.242 e. The van der Waals surface area contributed by atoms with Gasteiger partial charge in [-0.15, -0.1) is 0 Å². The summed E-state index contributed by atoms with van der Waals surface area (Å²) in [6, 6.07) is 7.16. The van der Waals surface area contributed by atoms with E-state index in [4.69, 9.17) is 0 Å². The van der Waals surface area contributed by atoms with Crippen LogP contribution in [0.1, 0.15) is 12.5 Å². The Balaban J connectivity index is 2.11. The maximum absolute atomic E-state index is 12.8. The van der Waals surface area contributed by atoms with Gasteiger partial charge in [0.25, 0.3) is 0 Å². The Hall–Kier alpha value is -1.99. The molecule has 0 aliphatic rings. The molecule has 112 valence electrons. The summed E-state index contributed by atoms with van der Waals surface area (Å²) in [5, 5.41) is 3.00. The zero-order valence-corrected chi connectivity index (χ0v) is 12.3. The summed E-state index contributed by atoms with van der Waals surface area (Å²) < 4.78 is 39.6. The second-order valence-electron chi connectivity index (χ2n) is 4.39. The summed E-state index contributed by atoms with van der Waals surface area (Å²) in [7, 11) is -3.66. The molecule has 5 nitrogen and oxygen atoms in total. The highest BCUT2D eigenvalue weighted by Crippen LogP contribution is 2.14. The number of benzene rings is 1. The van der Waals surface area contributed by atoms with E-state index in [0.717, 1.165) is 0 Å². The van der Waals surface area contributed by atoms with Gasteiger partial charge in [-0.25, -0.2) is 17.5 Å². The second-order valence-corrected chi connectivity index (χ2v) is 6.16. The number of anilines is 1. The number of aromatic nitrogens is 1. The predicted molar refractivity (Wildman–Crippen MR) is 78.8 cm³/mol. The molecular formula is C14H16FN3O2S. The summed E-state index contributed by atoms with van der Waals surface area (Å²) in [4.78, 5) is 3.99. The normalized spacial score (nSPS) is 11.3. The van der Waals surface area contributed by atoms with Crippen molar-refractivity contribution in [3.05, 3.63) is 54.1 Å². The van der Waals surface area contributed by atoms with Gasteiger partial charge >= 0.3 is 0 Å². The van der Waals surface area contributed by atoms with Gasteiger partial charge in [0.1, 0.15) is 10.7 Å². The van der Waals surface area contributed by atoms with Crippen molar-refractivity contribution in [2.75, 3.05) is 11.9 Å². The topological polar surface area (TPSA) is 71.1 Å². The summed E-state index contributed by atoms with van der Waals surface area (Å²) in [5.74, 6) is -0.357. The van der Waals surface area contributed by atoms with Gasteiger partial charge in [0.2, 0.25) is 10.0 Å². The number of nitrogens with zero attached hydrogens (tertiary/aromatic N) is 1. The van der Waals surface area contributed by atoms with Crippen LogP contribution in [0.4, 0.5) is 10.1 Å². The number of sulfonamides is 1.